The van der Waals surface area contributed by atoms with Gasteiger partial charge in [-0.1, -0.05) is 0 Å². The van der Waals surface area contributed by atoms with Crippen molar-refractivity contribution in [3.8, 4) is 11.5 Å². The molecule has 0 bridgehead atoms. The van der Waals surface area contributed by atoms with E-state index in [1.807, 2.05) is 0 Å². The van der Waals surface area contributed by atoms with Crippen molar-refractivity contribution in [2.45, 2.75) is 4.21 Å². The van der Waals surface area contributed by atoms with Crippen LogP contribution in [0.25, 0.3) is 0 Å². The molecular formula is C12H13BrN2O4S2. The van der Waals surface area contributed by atoms with Gasteiger partial charge in [0.15, 0.2) is 11.5 Å². The Morgan fingerprint density at radius 1 is 1.19 bits per heavy atom. The van der Waals surface area contributed by atoms with Gasteiger partial charge in [-0.2, -0.15) is 0 Å². The fraction of sp³-hybridized carbons (Fsp3) is 0.167. The summed E-state index contributed by atoms with van der Waals surface area (Å²) in [6.45, 7) is 0. The Labute approximate surface area is 135 Å². The van der Waals surface area contributed by atoms with Crippen LogP contribution in [-0.4, -0.2) is 22.6 Å². The average molecular weight is 393 g/mol. The standard InChI is InChI=1S/C12H13BrN2O4S2/c1-18-9-5-7(14)8(6-10(9)19-2)15-21(16,17)12-4-3-11(13)20-12/h3-6,15H,14H2,1-2H3. The lowest BCUT2D eigenvalue weighted by atomic mass is 10.2. The number of halogens is 1. The van der Waals surface area contributed by atoms with E-state index in [-0.39, 0.29) is 15.6 Å². The molecule has 0 atom stereocenters. The van der Waals surface area contributed by atoms with Gasteiger partial charge in [-0.25, -0.2) is 8.42 Å². The minimum atomic E-state index is -3.70. The first-order chi connectivity index (χ1) is 9.87. The van der Waals surface area contributed by atoms with Crippen LogP contribution in [0.3, 0.4) is 0 Å². The molecule has 21 heavy (non-hydrogen) atoms. The van der Waals surface area contributed by atoms with Crippen molar-refractivity contribution in [1.82, 2.24) is 0 Å². The lowest BCUT2D eigenvalue weighted by molar-refractivity contribution is 0.355. The molecule has 0 amide bonds. The molecule has 0 fully saturated rings. The van der Waals surface area contributed by atoms with Crippen LogP contribution in [0.4, 0.5) is 11.4 Å². The zero-order valence-corrected chi connectivity index (χ0v) is 14.4. The van der Waals surface area contributed by atoms with Gasteiger partial charge >= 0.3 is 0 Å². The number of sulfonamides is 1. The molecule has 2 rings (SSSR count). The van der Waals surface area contributed by atoms with Crippen LogP contribution >= 0.6 is 27.3 Å². The lowest BCUT2D eigenvalue weighted by Gasteiger charge is -2.13. The number of hydrogen-bond donors (Lipinski definition) is 2. The fourth-order valence-corrected chi connectivity index (χ4v) is 4.71. The summed E-state index contributed by atoms with van der Waals surface area (Å²) < 4.78 is 38.1. The van der Waals surface area contributed by atoms with E-state index < -0.39 is 10.0 Å². The number of nitrogens with two attached hydrogens (primary N) is 1. The largest absolute Gasteiger partial charge is 0.493 e. The molecule has 0 saturated heterocycles. The Hall–Kier alpha value is -1.45. The zero-order chi connectivity index (χ0) is 15.6. The van der Waals surface area contributed by atoms with Crippen molar-refractivity contribution in [3.63, 3.8) is 0 Å². The molecular weight excluding hydrogens is 380 g/mol. The van der Waals surface area contributed by atoms with Gasteiger partial charge in [0.1, 0.15) is 4.21 Å². The first kappa shape index (κ1) is 15.9. The number of nitrogen functional groups attached to an aromatic ring is 1. The van der Waals surface area contributed by atoms with Gasteiger partial charge in [0.05, 0.1) is 29.4 Å². The van der Waals surface area contributed by atoms with Crippen LogP contribution in [0.15, 0.2) is 32.3 Å². The normalized spacial score (nSPS) is 11.2. The Bertz CT molecular complexity index is 759. The SMILES string of the molecule is COc1cc(N)c(NS(=O)(=O)c2ccc(Br)s2)cc1OC. The van der Waals surface area contributed by atoms with Gasteiger partial charge in [0.2, 0.25) is 0 Å². The van der Waals surface area contributed by atoms with Crippen molar-refractivity contribution in [1.29, 1.82) is 0 Å². The minimum Gasteiger partial charge on any atom is -0.493 e. The van der Waals surface area contributed by atoms with Gasteiger partial charge in [0.25, 0.3) is 10.0 Å². The molecule has 0 radical (unpaired) electrons. The van der Waals surface area contributed by atoms with E-state index in [1.54, 1.807) is 6.07 Å². The molecule has 0 aliphatic carbocycles. The number of hydrogen-bond acceptors (Lipinski definition) is 6. The summed E-state index contributed by atoms with van der Waals surface area (Å²) >= 11 is 4.34. The van der Waals surface area contributed by atoms with Gasteiger partial charge in [0, 0.05) is 12.1 Å². The van der Waals surface area contributed by atoms with E-state index in [4.69, 9.17) is 15.2 Å². The number of thiophene rings is 1. The second kappa shape index (κ2) is 6.12. The van der Waals surface area contributed by atoms with E-state index >= 15 is 0 Å². The number of rotatable bonds is 5. The van der Waals surface area contributed by atoms with E-state index in [2.05, 4.69) is 20.7 Å². The zero-order valence-electron chi connectivity index (χ0n) is 11.2. The molecule has 0 saturated carbocycles. The monoisotopic (exact) mass is 392 g/mol. The predicted octanol–water partition coefficient (Wildman–Crippen LogP) is 2.91. The summed E-state index contributed by atoms with van der Waals surface area (Å²) in [6, 6.07) is 6.15. The highest BCUT2D eigenvalue weighted by atomic mass is 79.9. The van der Waals surface area contributed by atoms with Crippen molar-refractivity contribution in [3.05, 3.63) is 28.1 Å². The summed E-state index contributed by atoms with van der Waals surface area (Å²) in [5, 5.41) is 0. The molecule has 2 aromatic rings. The van der Waals surface area contributed by atoms with Crippen molar-refractivity contribution in [2.75, 3.05) is 24.7 Å². The Kier molecular flexibility index (Phi) is 4.64. The Morgan fingerprint density at radius 3 is 2.33 bits per heavy atom. The summed E-state index contributed by atoms with van der Waals surface area (Å²) in [4.78, 5) is 0. The molecule has 0 spiro atoms. The molecule has 1 aromatic carbocycles. The van der Waals surface area contributed by atoms with Crippen molar-refractivity contribution in [2.24, 2.45) is 0 Å². The number of benzene rings is 1. The van der Waals surface area contributed by atoms with E-state index in [9.17, 15) is 8.42 Å². The molecule has 9 heteroatoms. The summed E-state index contributed by atoms with van der Waals surface area (Å²) in [7, 11) is -0.760. The Balaban J connectivity index is 2.39. The third-order valence-electron chi connectivity index (χ3n) is 2.61. The Morgan fingerprint density at radius 2 is 1.81 bits per heavy atom. The molecule has 0 aliphatic heterocycles. The van der Waals surface area contributed by atoms with Crippen LogP contribution in [0.1, 0.15) is 0 Å². The van der Waals surface area contributed by atoms with Gasteiger partial charge < -0.3 is 15.2 Å². The van der Waals surface area contributed by atoms with E-state index in [0.29, 0.717) is 11.5 Å². The third-order valence-corrected chi connectivity index (χ3v) is 6.09. The van der Waals surface area contributed by atoms with Crippen LogP contribution in [-0.2, 0) is 10.0 Å². The summed E-state index contributed by atoms with van der Waals surface area (Å²) in [5.74, 6) is 0.813. The number of anilines is 2. The van der Waals surface area contributed by atoms with Gasteiger partial charge in [-0.3, -0.25) is 4.72 Å². The highest BCUT2D eigenvalue weighted by Crippen LogP contribution is 2.36. The highest BCUT2D eigenvalue weighted by Gasteiger charge is 2.19. The second-order valence-corrected chi connectivity index (χ2v) is 8.33. The first-order valence-electron chi connectivity index (χ1n) is 5.67. The summed E-state index contributed by atoms with van der Waals surface area (Å²) in [6.07, 6.45) is 0. The molecule has 1 aromatic heterocycles. The van der Waals surface area contributed by atoms with E-state index in [1.165, 1.54) is 32.4 Å². The van der Waals surface area contributed by atoms with Crippen LogP contribution in [0.5, 0.6) is 11.5 Å². The number of methoxy groups -OCH3 is 2. The van der Waals surface area contributed by atoms with Gasteiger partial charge in [-0.15, -0.1) is 11.3 Å². The molecule has 0 unspecified atom stereocenters. The van der Waals surface area contributed by atoms with Gasteiger partial charge in [-0.05, 0) is 28.1 Å². The maximum atomic E-state index is 12.3. The maximum Gasteiger partial charge on any atom is 0.271 e. The van der Waals surface area contributed by atoms with Crippen molar-refractivity contribution >= 4 is 48.7 Å². The number of ether oxygens (including phenoxy) is 2. The third kappa shape index (κ3) is 3.42. The quantitative estimate of drug-likeness (QED) is 0.763. The minimum absolute atomic E-state index is 0.184. The highest BCUT2D eigenvalue weighted by molar-refractivity contribution is 9.11. The van der Waals surface area contributed by atoms with Crippen LogP contribution < -0.4 is 19.9 Å². The van der Waals surface area contributed by atoms with Crippen LogP contribution in [0, 0.1) is 0 Å². The topological polar surface area (TPSA) is 90.6 Å². The molecule has 3 N–H and O–H groups in total. The fourth-order valence-electron chi connectivity index (χ4n) is 1.62. The first-order valence-corrected chi connectivity index (χ1v) is 8.76. The second-order valence-electron chi connectivity index (χ2n) is 3.96. The smallest absolute Gasteiger partial charge is 0.271 e. The lowest BCUT2D eigenvalue weighted by Crippen LogP contribution is -2.13. The molecule has 0 aliphatic rings. The predicted molar refractivity (Wildman–Crippen MR) is 86.8 cm³/mol. The maximum absolute atomic E-state index is 12.3. The van der Waals surface area contributed by atoms with E-state index in [0.717, 1.165) is 15.1 Å². The average Bonchev–Trinajstić information content (AvgIpc) is 2.88. The molecule has 114 valence electrons. The molecule has 1 heterocycles. The number of nitrogens with one attached hydrogen (secondary N) is 1. The summed E-state index contributed by atoms with van der Waals surface area (Å²) in [5.41, 5.74) is 6.32. The van der Waals surface area contributed by atoms with Crippen molar-refractivity contribution < 1.29 is 17.9 Å². The molecule has 6 nitrogen and oxygen atoms in total. The van der Waals surface area contributed by atoms with Crippen LogP contribution in [0.2, 0.25) is 0 Å².